The molecule has 24 heavy (non-hydrogen) atoms. The van der Waals surface area contributed by atoms with Crippen LogP contribution < -0.4 is 10.6 Å². The van der Waals surface area contributed by atoms with Gasteiger partial charge in [-0.2, -0.15) is 5.10 Å². The molecule has 3 rings (SSSR count). The van der Waals surface area contributed by atoms with Crippen LogP contribution in [0, 0.1) is 6.92 Å². The molecule has 0 saturated heterocycles. The summed E-state index contributed by atoms with van der Waals surface area (Å²) in [5, 5.41) is 23.3. The third kappa shape index (κ3) is 3.36. The molecule has 7 nitrogen and oxygen atoms in total. The van der Waals surface area contributed by atoms with Crippen LogP contribution in [0.15, 0.2) is 42.6 Å². The Kier molecular flexibility index (Phi) is 4.43. The highest BCUT2D eigenvalue weighted by Crippen LogP contribution is 2.19. The predicted octanol–water partition coefficient (Wildman–Crippen LogP) is 2.51. The van der Waals surface area contributed by atoms with E-state index in [1.807, 2.05) is 37.3 Å². The van der Waals surface area contributed by atoms with Crippen molar-refractivity contribution in [2.24, 2.45) is 0 Å². The second kappa shape index (κ2) is 6.67. The van der Waals surface area contributed by atoms with E-state index in [4.69, 9.17) is 0 Å². The molecule has 2 heterocycles. The molecule has 2 atom stereocenters. The van der Waals surface area contributed by atoms with Gasteiger partial charge in [0.25, 0.3) is 0 Å². The lowest BCUT2D eigenvalue weighted by atomic mass is 10.0. The number of aliphatic hydroxyl groups is 1. The van der Waals surface area contributed by atoms with E-state index in [-0.39, 0.29) is 0 Å². The van der Waals surface area contributed by atoms with Crippen molar-refractivity contribution in [2.45, 2.75) is 26.0 Å². The van der Waals surface area contributed by atoms with Gasteiger partial charge in [-0.1, -0.05) is 30.3 Å². The Morgan fingerprint density at radius 2 is 2.04 bits per heavy atom. The van der Waals surface area contributed by atoms with Crippen LogP contribution >= 0.6 is 0 Å². The zero-order chi connectivity index (χ0) is 17.1. The van der Waals surface area contributed by atoms with E-state index in [2.05, 4.69) is 25.8 Å². The number of aromatic nitrogens is 3. The molecular weight excluding hydrogens is 306 g/mol. The van der Waals surface area contributed by atoms with Crippen LogP contribution in [0.1, 0.15) is 24.2 Å². The van der Waals surface area contributed by atoms with Crippen LogP contribution in [0.25, 0.3) is 10.9 Å². The average Bonchev–Trinajstić information content (AvgIpc) is 2.94. The highest BCUT2D eigenvalue weighted by Gasteiger charge is 2.19. The minimum Gasteiger partial charge on any atom is -0.391 e. The van der Waals surface area contributed by atoms with E-state index in [1.54, 1.807) is 19.2 Å². The second-order valence-corrected chi connectivity index (χ2v) is 5.66. The summed E-state index contributed by atoms with van der Waals surface area (Å²) >= 11 is 0. The van der Waals surface area contributed by atoms with Crippen molar-refractivity contribution in [2.75, 3.05) is 5.32 Å². The number of hydrogen-bond donors (Lipinski definition) is 4. The Hall–Kier alpha value is -2.93. The lowest BCUT2D eigenvalue weighted by molar-refractivity contribution is 0.148. The Labute approximate surface area is 139 Å². The SMILES string of the molecule is Cc1[nH]nc2cc(NC(=O)NC(c3ccccc3)C(C)O)ncc12. The van der Waals surface area contributed by atoms with E-state index < -0.39 is 18.2 Å². The lowest BCUT2D eigenvalue weighted by Gasteiger charge is -2.22. The second-order valence-electron chi connectivity index (χ2n) is 5.66. The molecule has 0 spiro atoms. The van der Waals surface area contributed by atoms with E-state index in [0.29, 0.717) is 5.82 Å². The molecule has 0 aliphatic carbocycles. The van der Waals surface area contributed by atoms with Crippen molar-refractivity contribution in [1.29, 1.82) is 0 Å². The van der Waals surface area contributed by atoms with Gasteiger partial charge in [-0.3, -0.25) is 10.4 Å². The molecule has 0 radical (unpaired) electrons. The average molecular weight is 325 g/mol. The normalized spacial score (nSPS) is 13.5. The molecule has 4 N–H and O–H groups in total. The van der Waals surface area contributed by atoms with E-state index in [9.17, 15) is 9.90 Å². The Balaban J connectivity index is 1.73. The smallest absolute Gasteiger partial charge is 0.320 e. The predicted molar refractivity (Wildman–Crippen MR) is 91.6 cm³/mol. The summed E-state index contributed by atoms with van der Waals surface area (Å²) in [5.41, 5.74) is 2.48. The summed E-state index contributed by atoms with van der Waals surface area (Å²) in [6, 6.07) is 10.1. The number of hydrogen-bond acceptors (Lipinski definition) is 4. The lowest BCUT2D eigenvalue weighted by Crippen LogP contribution is -2.37. The summed E-state index contributed by atoms with van der Waals surface area (Å²) in [6.07, 6.45) is 0.926. The molecule has 2 aromatic heterocycles. The van der Waals surface area contributed by atoms with Gasteiger partial charge in [-0.15, -0.1) is 0 Å². The molecule has 124 valence electrons. The number of amides is 2. The molecule has 0 saturated carbocycles. The molecule has 1 aromatic carbocycles. The molecule has 0 fully saturated rings. The van der Waals surface area contributed by atoms with E-state index >= 15 is 0 Å². The summed E-state index contributed by atoms with van der Waals surface area (Å²) in [6.45, 7) is 3.54. The summed E-state index contributed by atoms with van der Waals surface area (Å²) in [7, 11) is 0. The molecule has 2 unspecified atom stereocenters. The number of carbonyl (C=O) groups is 1. The third-order valence-electron chi connectivity index (χ3n) is 3.80. The van der Waals surface area contributed by atoms with Gasteiger partial charge in [-0.25, -0.2) is 9.78 Å². The number of aliphatic hydroxyl groups excluding tert-OH is 1. The van der Waals surface area contributed by atoms with Crippen molar-refractivity contribution in [3.63, 3.8) is 0 Å². The maximum atomic E-state index is 12.2. The van der Waals surface area contributed by atoms with Crippen LogP contribution in [0.5, 0.6) is 0 Å². The van der Waals surface area contributed by atoms with Gasteiger partial charge in [0.2, 0.25) is 0 Å². The molecule has 3 aromatic rings. The summed E-state index contributed by atoms with van der Waals surface area (Å²) in [4.78, 5) is 16.5. The number of carbonyl (C=O) groups excluding carboxylic acids is 1. The standard InChI is InChI=1S/C17H19N5O2/c1-10-13-9-18-15(8-14(13)22-21-10)19-17(24)20-16(11(2)23)12-6-4-3-5-7-12/h3-9,11,16,23H,1-2H3,(H,21,22)(H2,18,19,20,24). The zero-order valence-corrected chi connectivity index (χ0v) is 13.4. The third-order valence-corrected chi connectivity index (χ3v) is 3.80. The number of urea groups is 1. The molecular formula is C17H19N5O2. The highest BCUT2D eigenvalue weighted by atomic mass is 16.3. The number of anilines is 1. The van der Waals surface area contributed by atoms with Crippen LogP contribution in [0.2, 0.25) is 0 Å². The maximum absolute atomic E-state index is 12.2. The minimum absolute atomic E-state index is 0.393. The highest BCUT2D eigenvalue weighted by molar-refractivity contribution is 5.91. The number of H-pyrrole nitrogens is 1. The van der Waals surface area contributed by atoms with Crippen LogP contribution in [0.3, 0.4) is 0 Å². The van der Waals surface area contributed by atoms with Gasteiger partial charge in [0.1, 0.15) is 5.82 Å². The number of nitrogens with zero attached hydrogens (tertiary/aromatic N) is 2. The number of aromatic amines is 1. The Morgan fingerprint density at radius 3 is 2.75 bits per heavy atom. The molecule has 2 amide bonds. The Morgan fingerprint density at radius 1 is 1.29 bits per heavy atom. The Bertz CT molecular complexity index is 845. The number of benzene rings is 1. The first-order valence-electron chi connectivity index (χ1n) is 7.66. The van der Waals surface area contributed by atoms with Gasteiger partial charge in [0, 0.05) is 23.3 Å². The van der Waals surface area contributed by atoms with Crippen molar-refractivity contribution in [1.82, 2.24) is 20.5 Å². The van der Waals surface area contributed by atoms with Crippen LogP contribution in [0.4, 0.5) is 10.6 Å². The van der Waals surface area contributed by atoms with Gasteiger partial charge in [-0.05, 0) is 19.4 Å². The van der Waals surface area contributed by atoms with E-state index in [0.717, 1.165) is 22.2 Å². The fourth-order valence-electron chi connectivity index (χ4n) is 2.54. The quantitative estimate of drug-likeness (QED) is 0.592. The fourth-order valence-corrected chi connectivity index (χ4v) is 2.54. The van der Waals surface area contributed by atoms with Crippen molar-refractivity contribution >= 4 is 22.8 Å². The first-order valence-corrected chi connectivity index (χ1v) is 7.66. The largest absolute Gasteiger partial charge is 0.391 e. The maximum Gasteiger partial charge on any atom is 0.320 e. The minimum atomic E-state index is -0.734. The van der Waals surface area contributed by atoms with Crippen molar-refractivity contribution < 1.29 is 9.90 Å². The fraction of sp³-hybridized carbons (Fsp3) is 0.235. The van der Waals surface area contributed by atoms with E-state index in [1.165, 1.54) is 0 Å². The van der Waals surface area contributed by atoms with Gasteiger partial charge in [0.05, 0.1) is 17.7 Å². The van der Waals surface area contributed by atoms with Crippen LogP contribution in [-0.2, 0) is 0 Å². The van der Waals surface area contributed by atoms with Crippen molar-refractivity contribution in [3.8, 4) is 0 Å². The monoisotopic (exact) mass is 325 g/mol. The molecule has 0 aliphatic heterocycles. The summed E-state index contributed by atoms with van der Waals surface area (Å²) in [5.74, 6) is 0.393. The van der Waals surface area contributed by atoms with Gasteiger partial charge < -0.3 is 10.4 Å². The van der Waals surface area contributed by atoms with Gasteiger partial charge >= 0.3 is 6.03 Å². The summed E-state index contributed by atoms with van der Waals surface area (Å²) < 4.78 is 0. The molecule has 7 heteroatoms. The number of aryl methyl sites for hydroxylation is 1. The van der Waals surface area contributed by atoms with Gasteiger partial charge in [0.15, 0.2) is 0 Å². The number of pyridine rings is 1. The molecule has 0 bridgehead atoms. The first kappa shape index (κ1) is 15.9. The van der Waals surface area contributed by atoms with Crippen molar-refractivity contribution in [3.05, 3.63) is 53.9 Å². The molecule has 0 aliphatic rings. The first-order chi connectivity index (χ1) is 11.5. The topological polar surface area (TPSA) is 103 Å². The number of rotatable bonds is 4. The zero-order valence-electron chi connectivity index (χ0n) is 13.4. The van der Waals surface area contributed by atoms with Crippen LogP contribution in [-0.4, -0.2) is 32.4 Å². The number of fused-ring (bicyclic) bond motifs is 1. The number of nitrogens with one attached hydrogen (secondary N) is 3.